The fourth-order valence-corrected chi connectivity index (χ4v) is 3.13. The smallest absolute Gasteiger partial charge is 0.0246 e. The summed E-state index contributed by atoms with van der Waals surface area (Å²) in [4.78, 5) is 2.60. The Morgan fingerprint density at radius 1 is 1.20 bits per heavy atom. The van der Waals surface area contributed by atoms with Crippen molar-refractivity contribution in [2.75, 3.05) is 26.2 Å². The quantitative estimate of drug-likeness (QED) is 0.751. The van der Waals surface area contributed by atoms with E-state index in [0.29, 0.717) is 16.9 Å². The molecule has 0 amide bonds. The highest BCUT2D eigenvalue weighted by Gasteiger charge is 2.39. The second kappa shape index (κ2) is 3.74. The molecule has 0 saturated carbocycles. The second-order valence-electron chi connectivity index (χ2n) is 6.93. The molecule has 2 heterocycles. The molecule has 0 bridgehead atoms. The maximum absolute atomic E-state index is 3.69. The van der Waals surface area contributed by atoms with E-state index in [0.717, 1.165) is 0 Å². The topological polar surface area (TPSA) is 15.3 Å². The molecule has 2 saturated heterocycles. The third kappa shape index (κ3) is 2.54. The minimum atomic E-state index is 0.484. The Morgan fingerprint density at radius 2 is 1.87 bits per heavy atom. The SMILES string of the molecule is CC1(C)CN(CC2NCCCC2(C)C)C1. The molecular weight excluding hydrogens is 184 g/mol. The molecule has 2 fully saturated rings. The van der Waals surface area contributed by atoms with Crippen LogP contribution in [0.3, 0.4) is 0 Å². The zero-order chi connectivity index (χ0) is 11.1. The molecule has 0 aromatic heterocycles. The van der Waals surface area contributed by atoms with Gasteiger partial charge in [-0.2, -0.15) is 0 Å². The first kappa shape index (κ1) is 11.4. The van der Waals surface area contributed by atoms with Crippen LogP contribution in [0.15, 0.2) is 0 Å². The Morgan fingerprint density at radius 3 is 2.40 bits per heavy atom. The van der Waals surface area contributed by atoms with E-state index in [2.05, 4.69) is 37.9 Å². The highest BCUT2D eigenvalue weighted by atomic mass is 15.2. The number of piperidine rings is 1. The van der Waals surface area contributed by atoms with Gasteiger partial charge in [-0.3, -0.25) is 0 Å². The highest BCUT2D eigenvalue weighted by Crippen LogP contribution is 2.34. The first-order valence-corrected chi connectivity index (χ1v) is 6.35. The van der Waals surface area contributed by atoms with Gasteiger partial charge in [0.15, 0.2) is 0 Å². The summed E-state index contributed by atoms with van der Waals surface area (Å²) in [6.07, 6.45) is 2.72. The molecule has 0 radical (unpaired) electrons. The van der Waals surface area contributed by atoms with E-state index in [4.69, 9.17) is 0 Å². The van der Waals surface area contributed by atoms with Gasteiger partial charge in [-0.05, 0) is 30.2 Å². The lowest BCUT2D eigenvalue weighted by Gasteiger charge is -2.50. The number of hydrogen-bond donors (Lipinski definition) is 1. The van der Waals surface area contributed by atoms with E-state index in [1.54, 1.807) is 0 Å². The Balaban J connectivity index is 1.84. The summed E-state index contributed by atoms with van der Waals surface area (Å²) in [5, 5.41) is 3.69. The van der Waals surface area contributed by atoms with Crippen molar-refractivity contribution in [2.24, 2.45) is 10.8 Å². The third-order valence-electron chi connectivity index (χ3n) is 4.08. The highest BCUT2D eigenvalue weighted by molar-refractivity contribution is 4.95. The predicted octanol–water partition coefficient (Wildman–Crippen LogP) is 2.11. The Kier molecular flexibility index (Phi) is 2.85. The van der Waals surface area contributed by atoms with Crippen molar-refractivity contribution in [3.8, 4) is 0 Å². The summed E-state index contributed by atoms with van der Waals surface area (Å²) in [6, 6.07) is 0.697. The van der Waals surface area contributed by atoms with Gasteiger partial charge in [-0.25, -0.2) is 0 Å². The molecule has 2 rings (SSSR count). The van der Waals surface area contributed by atoms with Gasteiger partial charge in [0.05, 0.1) is 0 Å². The molecule has 2 aliphatic heterocycles. The van der Waals surface area contributed by atoms with Crippen LogP contribution >= 0.6 is 0 Å². The van der Waals surface area contributed by atoms with Crippen molar-refractivity contribution >= 4 is 0 Å². The van der Waals surface area contributed by atoms with Crippen molar-refractivity contribution in [1.82, 2.24) is 10.2 Å². The van der Waals surface area contributed by atoms with Gasteiger partial charge in [0.1, 0.15) is 0 Å². The van der Waals surface area contributed by atoms with E-state index in [9.17, 15) is 0 Å². The van der Waals surface area contributed by atoms with Crippen LogP contribution < -0.4 is 5.32 Å². The Labute approximate surface area is 94.4 Å². The predicted molar refractivity (Wildman–Crippen MR) is 65.0 cm³/mol. The normalized spacial score (nSPS) is 34.8. The molecule has 0 aromatic rings. The molecular formula is C13H26N2. The van der Waals surface area contributed by atoms with Gasteiger partial charge < -0.3 is 10.2 Å². The van der Waals surface area contributed by atoms with Gasteiger partial charge in [-0.15, -0.1) is 0 Å². The van der Waals surface area contributed by atoms with Crippen LogP contribution in [0, 0.1) is 10.8 Å². The van der Waals surface area contributed by atoms with Crippen molar-refractivity contribution < 1.29 is 0 Å². The summed E-state index contributed by atoms with van der Waals surface area (Å²) in [5.74, 6) is 0. The number of rotatable bonds is 2. The number of hydrogen-bond acceptors (Lipinski definition) is 2. The number of likely N-dealkylation sites (tertiary alicyclic amines) is 1. The number of nitrogens with one attached hydrogen (secondary N) is 1. The molecule has 88 valence electrons. The Bertz CT molecular complexity index is 225. The van der Waals surface area contributed by atoms with Crippen LogP contribution in [0.5, 0.6) is 0 Å². The minimum absolute atomic E-state index is 0.484. The lowest BCUT2D eigenvalue weighted by molar-refractivity contribution is 0.00367. The lowest BCUT2D eigenvalue weighted by Crippen LogP contribution is -2.60. The Hall–Kier alpha value is -0.0800. The molecule has 2 heteroatoms. The van der Waals surface area contributed by atoms with E-state index in [1.165, 1.54) is 39.0 Å². The van der Waals surface area contributed by atoms with Crippen LogP contribution in [0.1, 0.15) is 40.5 Å². The van der Waals surface area contributed by atoms with Crippen molar-refractivity contribution in [1.29, 1.82) is 0 Å². The summed E-state index contributed by atoms with van der Waals surface area (Å²) in [5.41, 5.74) is 1.05. The summed E-state index contributed by atoms with van der Waals surface area (Å²) < 4.78 is 0. The van der Waals surface area contributed by atoms with Gasteiger partial charge in [0.25, 0.3) is 0 Å². The van der Waals surface area contributed by atoms with Crippen LogP contribution in [-0.2, 0) is 0 Å². The summed E-state index contributed by atoms with van der Waals surface area (Å²) >= 11 is 0. The first-order valence-electron chi connectivity index (χ1n) is 6.35. The second-order valence-corrected chi connectivity index (χ2v) is 6.93. The van der Waals surface area contributed by atoms with Crippen LogP contribution in [0.25, 0.3) is 0 Å². The molecule has 0 aromatic carbocycles. The standard InChI is InChI=1S/C13H26N2/c1-12(2)9-15(10-12)8-11-13(3,4)6-5-7-14-11/h11,14H,5-10H2,1-4H3. The van der Waals surface area contributed by atoms with E-state index < -0.39 is 0 Å². The zero-order valence-electron chi connectivity index (χ0n) is 10.8. The van der Waals surface area contributed by atoms with Crippen molar-refractivity contribution in [3.63, 3.8) is 0 Å². The number of nitrogens with zero attached hydrogens (tertiary/aromatic N) is 1. The average molecular weight is 210 g/mol. The van der Waals surface area contributed by atoms with Crippen LogP contribution in [-0.4, -0.2) is 37.1 Å². The molecule has 2 nitrogen and oxygen atoms in total. The summed E-state index contributed by atoms with van der Waals surface area (Å²) in [7, 11) is 0. The third-order valence-corrected chi connectivity index (χ3v) is 4.08. The molecule has 1 N–H and O–H groups in total. The molecule has 1 unspecified atom stereocenters. The molecule has 0 aliphatic carbocycles. The fourth-order valence-electron chi connectivity index (χ4n) is 3.13. The van der Waals surface area contributed by atoms with Crippen molar-refractivity contribution in [3.05, 3.63) is 0 Å². The van der Waals surface area contributed by atoms with Crippen LogP contribution in [0.2, 0.25) is 0 Å². The van der Waals surface area contributed by atoms with Gasteiger partial charge in [-0.1, -0.05) is 27.7 Å². The molecule has 1 atom stereocenters. The zero-order valence-corrected chi connectivity index (χ0v) is 10.8. The van der Waals surface area contributed by atoms with E-state index in [-0.39, 0.29) is 0 Å². The molecule has 15 heavy (non-hydrogen) atoms. The average Bonchev–Trinajstić information content (AvgIpc) is 2.05. The van der Waals surface area contributed by atoms with Gasteiger partial charge >= 0.3 is 0 Å². The maximum atomic E-state index is 3.69. The minimum Gasteiger partial charge on any atom is -0.312 e. The summed E-state index contributed by atoms with van der Waals surface area (Å²) in [6.45, 7) is 14.6. The van der Waals surface area contributed by atoms with Gasteiger partial charge in [0, 0.05) is 25.7 Å². The first-order chi connectivity index (χ1) is 6.89. The molecule has 0 spiro atoms. The molecule has 2 aliphatic rings. The lowest BCUT2D eigenvalue weighted by atomic mass is 9.76. The van der Waals surface area contributed by atoms with Crippen LogP contribution in [0.4, 0.5) is 0 Å². The van der Waals surface area contributed by atoms with E-state index >= 15 is 0 Å². The van der Waals surface area contributed by atoms with Crippen molar-refractivity contribution in [2.45, 2.75) is 46.6 Å². The maximum Gasteiger partial charge on any atom is 0.0246 e. The van der Waals surface area contributed by atoms with Gasteiger partial charge in [0.2, 0.25) is 0 Å². The fraction of sp³-hybridized carbons (Fsp3) is 1.00. The monoisotopic (exact) mass is 210 g/mol. The van der Waals surface area contributed by atoms with E-state index in [1.807, 2.05) is 0 Å². The largest absolute Gasteiger partial charge is 0.312 e.